The van der Waals surface area contributed by atoms with E-state index in [4.69, 9.17) is 0 Å². The fourth-order valence-electron chi connectivity index (χ4n) is 1.14. The van der Waals surface area contributed by atoms with E-state index in [0.717, 1.165) is 16.6 Å². The molecule has 0 aliphatic heterocycles. The van der Waals surface area contributed by atoms with Crippen LogP contribution in [0.15, 0.2) is 22.7 Å². The van der Waals surface area contributed by atoms with E-state index in [0.29, 0.717) is 12.1 Å². The summed E-state index contributed by atoms with van der Waals surface area (Å²) in [5.41, 5.74) is 1.81. The maximum atomic E-state index is 11.6. The van der Waals surface area contributed by atoms with Gasteiger partial charge in [-0.15, -0.1) is 0 Å². The average molecular weight is 271 g/mol. The predicted octanol–water partition coefficient (Wildman–Crippen LogP) is 1.71. The van der Waals surface area contributed by atoms with Gasteiger partial charge in [-0.25, -0.2) is 0 Å². The zero-order chi connectivity index (χ0) is 11.3. The molecule has 1 aromatic rings. The van der Waals surface area contributed by atoms with Crippen molar-refractivity contribution in [2.75, 3.05) is 20.1 Å². The molecule has 1 amide bonds. The van der Waals surface area contributed by atoms with Crippen LogP contribution in [0.3, 0.4) is 0 Å². The van der Waals surface area contributed by atoms with Gasteiger partial charge < -0.3 is 10.6 Å². The number of halogens is 1. The molecule has 0 unspecified atom stereocenters. The van der Waals surface area contributed by atoms with Crippen molar-refractivity contribution >= 4 is 21.8 Å². The molecule has 3 nitrogen and oxygen atoms in total. The largest absolute Gasteiger partial charge is 0.351 e. The highest BCUT2D eigenvalue weighted by Gasteiger charge is 2.05. The third-order valence-electron chi connectivity index (χ3n) is 2.09. The fraction of sp³-hybridized carbons (Fsp3) is 0.364. The van der Waals surface area contributed by atoms with Crippen molar-refractivity contribution in [2.24, 2.45) is 0 Å². The van der Waals surface area contributed by atoms with Crippen molar-refractivity contribution in [3.05, 3.63) is 33.8 Å². The third kappa shape index (κ3) is 3.64. The molecule has 0 heterocycles. The first-order chi connectivity index (χ1) is 7.15. The zero-order valence-corrected chi connectivity index (χ0v) is 10.5. The summed E-state index contributed by atoms with van der Waals surface area (Å²) < 4.78 is 0.962. The Bertz CT molecular complexity index is 352. The van der Waals surface area contributed by atoms with Crippen molar-refractivity contribution in [2.45, 2.75) is 6.92 Å². The van der Waals surface area contributed by atoms with E-state index in [1.165, 1.54) is 0 Å². The van der Waals surface area contributed by atoms with E-state index in [-0.39, 0.29) is 5.91 Å². The Morgan fingerprint density at radius 1 is 1.40 bits per heavy atom. The number of hydrogen-bond acceptors (Lipinski definition) is 2. The fourth-order valence-corrected chi connectivity index (χ4v) is 1.52. The van der Waals surface area contributed by atoms with Crippen LogP contribution in [0.25, 0.3) is 0 Å². The number of likely N-dealkylation sites (N-methyl/N-ethyl adjacent to an activating group) is 1. The number of carbonyl (C=O) groups excluding carboxylic acids is 1. The van der Waals surface area contributed by atoms with Gasteiger partial charge in [0.1, 0.15) is 0 Å². The number of carbonyl (C=O) groups is 1. The molecule has 2 N–H and O–H groups in total. The van der Waals surface area contributed by atoms with Gasteiger partial charge >= 0.3 is 0 Å². The first-order valence-corrected chi connectivity index (χ1v) is 5.63. The number of amides is 1. The molecule has 0 bridgehead atoms. The van der Waals surface area contributed by atoms with Crippen molar-refractivity contribution in [3.8, 4) is 0 Å². The SMILES string of the molecule is CNCCNC(=O)c1ccc(C)c(Br)c1. The number of hydrogen-bond donors (Lipinski definition) is 2. The molecule has 1 aromatic carbocycles. The highest BCUT2D eigenvalue weighted by molar-refractivity contribution is 9.10. The Hall–Kier alpha value is -0.870. The topological polar surface area (TPSA) is 41.1 Å². The normalized spacial score (nSPS) is 10.1. The van der Waals surface area contributed by atoms with E-state index >= 15 is 0 Å². The van der Waals surface area contributed by atoms with Crippen LogP contribution in [-0.2, 0) is 0 Å². The van der Waals surface area contributed by atoms with Crippen molar-refractivity contribution in [1.82, 2.24) is 10.6 Å². The number of nitrogens with one attached hydrogen (secondary N) is 2. The minimum Gasteiger partial charge on any atom is -0.351 e. The van der Waals surface area contributed by atoms with Crippen molar-refractivity contribution in [3.63, 3.8) is 0 Å². The van der Waals surface area contributed by atoms with Crippen molar-refractivity contribution < 1.29 is 4.79 Å². The van der Waals surface area contributed by atoms with Gasteiger partial charge in [-0.2, -0.15) is 0 Å². The molecular weight excluding hydrogens is 256 g/mol. The lowest BCUT2D eigenvalue weighted by Gasteiger charge is -2.06. The molecule has 82 valence electrons. The quantitative estimate of drug-likeness (QED) is 0.818. The van der Waals surface area contributed by atoms with Gasteiger partial charge in [0.15, 0.2) is 0 Å². The lowest BCUT2D eigenvalue weighted by atomic mass is 10.1. The molecule has 0 saturated carbocycles. The summed E-state index contributed by atoms with van der Waals surface area (Å²) in [6, 6.07) is 5.59. The monoisotopic (exact) mass is 270 g/mol. The minimum absolute atomic E-state index is 0.0362. The molecular formula is C11H15BrN2O. The molecule has 0 atom stereocenters. The van der Waals surface area contributed by atoms with Crippen LogP contribution < -0.4 is 10.6 Å². The van der Waals surface area contributed by atoms with Gasteiger partial charge in [-0.05, 0) is 31.7 Å². The first-order valence-electron chi connectivity index (χ1n) is 4.84. The van der Waals surface area contributed by atoms with Crippen LogP contribution in [0, 0.1) is 6.92 Å². The summed E-state index contributed by atoms with van der Waals surface area (Å²) in [7, 11) is 1.86. The van der Waals surface area contributed by atoms with Gasteiger partial charge in [-0.3, -0.25) is 4.79 Å². The molecule has 4 heteroatoms. The predicted molar refractivity (Wildman–Crippen MR) is 65.1 cm³/mol. The Morgan fingerprint density at radius 2 is 2.13 bits per heavy atom. The van der Waals surface area contributed by atoms with Gasteiger partial charge in [0.25, 0.3) is 5.91 Å². The Labute approximate surface area is 98.4 Å². The molecule has 0 radical (unpaired) electrons. The second kappa shape index (κ2) is 5.88. The van der Waals surface area contributed by atoms with E-state index < -0.39 is 0 Å². The van der Waals surface area contributed by atoms with Gasteiger partial charge in [0, 0.05) is 23.1 Å². The first kappa shape index (κ1) is 12.2. The highest BCUT2D eigenvalue weighted by atomic mass is 79.9. The van der Waals surface area contributed by atoms with Crippen LogP contribution in [0.4, 0.5) is 0 Å². The summed E-state index contributed by atoms with van der Waals surface area (Å²) in [5, 5.41) is 5.80. The molecule has 15 heavy (non-hydrogen) atoms. The second-order valence-electron chi connectivity index (χ2n) is 3.32. The van der Waals surface area contributed by atoms with Crippen LogP contribution in [0.5, 0.6) is 0 Å². The van der Waals surface area contributed by atoms with Gasteiger partial charge in [0.05, 0.1) is 0 Å². The van der Waals surface area contributed by atoms with E-state index in [9.17, 15) is 4.79 Å². The number of aryl methyl sites for hydroxylation is 1. The van der Waals surface area contributed by atoms with Crippen LogP contribution in [0.2, 0.25) is 0 Å². The molecule has 0 aliphatic rings. The van der Waals surface area contributed by atoms with Crippen LogP contribution in [-0.4, -0.2) is 26.0 Å². The lowest BCUT2D eigenvalue weighted by molar-refractivity contribution is 0.0954. The molecule has 0 aliphatic carbocycles. The lowest BCUT2D eigenvalue weighted by Crippen LogP contribution is -2.30. The van der Waals surface area contributed by atoms with Gasteiger partial charge in [0.2, 0.25) is 0 Å². The minimum atomic E-state index is -0.0362. The molecule has 0 fully saturated rings. The molecule has 0 saturated heterocycles. The number of rotatable bonds is 4. The van der Waals surface area contributed by atoms with Gasteiger partial charge in [-0.1, -0.05) is 22.0 Å². The molecule has 1 rings (SSSR count). The third-order valence-corrected chi connectivity index (χ3v) is 2.95. The Balaban J connectivity index is 2.62. The maximum absolute atomic E-state index is 11.6. The molecule has 0 aromatic heterocycles. The smallest absolute Gasteiger partial charge is 0.251 e. The second-order valence-corrected chi connectivity index (χ2v) is 4.18. The van der Waals surface area contributed by atoms with Crippen molar-refractivity contribution in [1.29, 1.82) is 0 Å². The summed E-state index contributed by atoms with van der Waals surface area (Å²) >= 11 is 3.40. The van der Waals surface area contributed by atoms with E-state index in [2.05, 4.69) is 26.6 Å². The van der Waals surface area contributed by atoms with Crippen LogP contribution in [0.1, 0.15) is 15.9 Å². The maximum Gasteiger partial charge on any atom is 0.251 e. The highest BCUT2D eigenvalue weighted by Crippen LogP contribution is 2.17. The summed E-state index contributed by atoms with van der Waals surface area (Å²) in [5.74, 6) is -0.0362. The molecule has 0 spiro atoms. The summed E-state index contributed by atoms with van der Waals surface area (Å²) in [6.45, 7) is 3.41. The van der Waals surface area contributed by atoms with E-state index in [1.807, 2.05) is 32.2 Å². The summed E-state index contributed by atoms with van der Waals surface area (Å²) in [6.07, 6.45) is 0. The zero-order valence-electron chi connectivity index (χ0n) is 8.93. The Kier molecular flexibility index (Phi) is 4.78. The Morgan fingerprint density at radius 3 is 2.73 bits per heavy atom. The standard InChI is InChI=1S/C11H15BrN2O/c1-8-3-4-9(7-10(8)12)11(15)14-6-5-13-2/h3-4,7,13H,5-6H2,1-2H3,(H,14,15). The average Bonchev–Trinajstić information content (AvgIpc) is 2.22. The van der Waals surface area contributed by atoms with Crippen LogP contribution >= 0.6 is 15.9 Å². The summed E-state index contributed by atoms with van der Waals surface area (Å²) in [4.78, 5) is 11.6. The van der Waals surface area contributed by atoms with E-state index in [1.54, 1.807) is 0 Å². The number of benzene rings is 1.